The van der Waals surface area contributed by atoms with Crippen LogP contribution in [0, 0.1) is 12.3 Å². The first-order valence-corrected chi connectivity index (χ1v) is 5.28. The van der Waals surface area contributed by atoms with Crippen molar-refractivity contribution in [2.45, 2.75) is 33.6 Å². The molecule has 0 N–H and O–H groups in total. The molecule has 0 radical (unpaired) electrons. The first-order chi connectivity index (χ1) is 7.20. The molecule has 1 heterocycles. The Kier molecular flexibility index (Phi) is 6.13. The molecule has 0 bridgehead atoms. The van der Waals surface area contributed by atoms with E-state index in [0.29, 0.717) is 11.6 Å². The average molecular weight is 201 g/mol. The average Bonchev–Trinajstić information content (AvgIpc) is 2.30. The predicted molar refractivity (Wildman–Crippen MR) is 67.7 cm³/mol. The van der Waals surface area contributed by atoms with Crippen LogP contribution in [-0.4, -0.2) is 4.98 Å². The molecule has 1 aromatic heterocycles. The van der Waals surface area contributed by atoms with E-state index in [1.54, 1.807) is 12.3 Å². The van der Waals surface area contributed by atoms with Gasteiger partial charge in [0.1, 0.15) is 5.69 Å². The highest BCUT2D eigenvalue weighted by molar-refractivity contribution is 5.59. The van der Waals surface area contributed by atoms with Gasteiger partial charge >= 0.3 is 0 Å². The van der Waals surface area contributed by atoms with Crippen molar-refractivity contribution in [2.75, 3.05) is 0 Å². The molecule has 1 rings (SSSR count). The monoisotopic (exact) mass is 201 g/mol. The molecule has 0 atom stereocenters. The van der Waals surface area contributed by atoms with Gasteiger partial charge in [-0.15, -0.1) is 6.42 Å². The van der Waals surface area contributed by atoms with Gasteiger partial charge in [-0.05, 0) is 23.5 Å². The maximum Gasteiger partial charge on any atom is 0.120 e. The maximum atomic E-state index is 5.33. The van der Waals surface area contributed by atoms with E-state index in [1.807, 2.05) is 19.9 Å². The molecule has 0 saturated carbocycles. The van der Waals surface area contributed by atoms with Gasteiger partial charge in [0, 0.05) is 11.8 Å². The second-order valence-electron chi connectivity index (χ2n) is 3.17. The lowest BCUT2D eigenvalue weighted by Crippen LogP contribution is -1.97. The van der Waals surface area contributed by atoms with Crippen molar-refractivity contribution in [2.24, 2.45) is 0 Å². The fourth-order valence-corrected chi connectivity index (χ4v) is 1.32. The van der Waals surface area contributed by atoms with Crippen molar-refractivity contribution in [3.05, 3.63) is 35.7 Å². The zero-order valence-corrected chi connectivity index (χ0v) is 10.0. The van der Waals surface area contributed by atoms with Gasteiger partial charge in [-0.2, -0.15) is 0 Å². The summed E-state index contributed by atoms with van der Waals surface area (Å²) < 4.78 is 0. The normalized spacial score (nSPS) is 8.80. The maximum absolute atomic E-state index is 5.33. The molecule has 80 valence electrons. The number of aromatic nitrogens is 1. The lowest BCUT2D eigenvalue weighted by molar-refractivity contribution is 0.858. The van der Waals surface area contributed by atoms with Crippen molar-refractivity contribution in [1.82, 2.24) is 4.98 Å². The summed E-state index contributed by atoms with van der Waals surface area (Å²) in [5.41, 5.74) is 2.87. The van der Waals surface area contributed by atoms with Gasteiger partial charge in [-0.3, -0.25) is 0 Å². The van der Waals surface area contributed by atoms with Gasteiger partial charge in [0.2, 0.25) is 0 Å². The topological polar surface area (TPSA) is 12.9 Å². The molecule has 0 aliphatic rings. The third-order valence-electron chi connectivity index (χ3n) is 1.99. The molecule has 1 heteroatoms. The SMILES string of the molecule is C#Cc1nccc(C(C)C)c1C=C.CC. The third kappa shape index (κ3) is 3.25. The lowest BCUT2D eigenvalue weighted by Gasteiger charge is -2.10. The number of terminal acetylenes is 1. The smallest absolute Gasteiger partial charge is 0.120 e. The Hall–Kier alpha value is -1.55. The molecule has 0 aliphatic carbocycles. The van der Waals surface area contributed by atoms with Crippen LogP contribution in [0.5, 0.6) is 0 Å². The third-order valence-corrected chi connectivity index (χ3v) is 1.99. The molecule has 1 aromatic rings. The van der Waals surface area contributed by atoms with Crippen molar-refractivity contribution < 1.29 is 0 Å². The summed E-state index contributed by atoms with van der Waals surface area (Å²) >= 11 is 0. The van der Waals surface area contributed by atoms with Crippen LogP contribution in [0.1, 0.15) is 50.4 Å². The molecular weight excluding hydrogens is 182 g/mol. The van der Waals surface area contributed by atoms with Crippen LogP contribution >= 0.6 is 0 Å². The largest absolute Gasteiger partial charge is 0.247 e. The molecule has 0 unspecified atom stereocenters. The van der Waals surface area contributed by atoms with E-state index in [1.165, 1.54) is 5.56 Å². The zero-order valence-electron chi connectivity index (χ0n) is 10.0. The molecule has 0 saturated heterocycles. The van der Waals surface area contributed by atoms with Gasteiger partial charge < -0.3 is 0 Å². The van der Waals surface area contributed by atoms with Crippen LogP contribution in [-0.2, 0) is 0 Å². The zero-order chi connectivity index (χ0) is 11.8. The Labute approximate surface area is 93.3 Å². The van der Waals surface area contributed by atoms with Crippen molar-refractivity contribution >= 4 is 6.08 Å². The molecule has 0 aromatic carbocycles. The minimum absolute atomic E-state index is 0.447. The second-order valence-corrected chi connectivity index (χ2v) is 3.17. The number of pyridine rings is 1. The van der Waals surface area contributed by atoms with E-state index >= 15 is 0 Å². The molecule has 0 aliphatic heterocycles. The highest BCUT2D eigenvalue weighted by atomic mass is 14.7. The van der Waals surface area contributed by atoms with Gasteiger partial charge in [0.25, 0.3) is 0 Å². The first kappa shape index (κ1) is 13.4. The number of nitrogens with zero attached hydrogens (tertiary/aromatic N) is 1. The van der Waals surface area contributed by atoms with E-state index < -0.39 is 0 Å². The van der Waals surface area contributed by atoms with E-state index in [0.717, 1.165) is 5.56 Å². The quantitative estimate of drug-likeness (QED) is 0.662. The highest BCUT2D eigenvalue weighted by Crippen LogP contribution is 2.21. The van der Waals surface area contributed by atoms with Gasteiger partial charge in [-0.1, -0.05) is 40.3 Å². The van der Waals surface area contributed by atoms with E-state index in [-0.39, 0.29) is 0 Å². The standard InChI is InChI=1S/C12H13N.C2H6/c1-5-10-11(9(3)4)7-8-13-12(10)6-2;1-2/h2,5,7-9H,1H2,3-4H3;1-2H3. The van der Waals surface area contributed by atoms with E-state index in [2.05, 4.69) is 31.3 Å². The predicted octanol–water partition coefficient (Wildman–Crippen LogP) is 3.86. The lowest BCUT2D eigenvalue weighted by atomic mass is 9.97. The fourth-order valence-electron chi connectivity index (χ4n) is 1.32. The molecular formula is C14H19N. The number of rotatable bonds is 2. The van der Waals surface area contributed by atoms with Crippen molar-refractivity contribution in [3.8, 4) is 12.3 Å². The Morgan fingerprint density at radius 3 is 2.47 bits per heavy atom. The van der Waals surface area contributed by atoms with E-state index in [9.17, 15) is 0 Å². The van der Waals surface area contributed by atoms with Crippen LogP contribution in [0.2, 0.25) is 0 Å². The minimum atomic E-state index is 0.447. The Morgan fingerprint density at radius 1 is 1.47 bits per heavy atom. The number of hydrogen-bond acceptors (Lipinski definition) is 1. The molecule has 0 amide bonds. The molecule has 1 nitrogen and oxygen atoms in total. The first-order valence-electron chi connectivity index (χ1n) is 5.28. The summed E-state index contributed by atoms with van der Waals surface area (Å²) in [6.45, 7) is 12.0. The minimum Gasteiger partial charge on any atom is -0.247 e. The van der Waals surface area contributed by atoms with Crippen LogP contribution in [0.25, 0.3) is 6.08 Å². The summed E-state index contributed by atoms with van der Waals surface area (Å²) in [4.78, 5) is 4.10. The highest BCUT2D eigenvalue weighted by Gasteiger charge is 2.07. The fraction of sp³-hybridized carbons (Fsp3) is 0.357. The van der Waals surface area contributed by atoms with Crippen LogP contribution in [0.15, 0.2) is 18.8 Å². The molecule has 0 spiro atoms. The summed E-state index contributed by atoms with van der Waals surface area (Å²) in [6, 6.07) is 1.99. The van der Waals surface area contributed by atoms with Crippen LogP contribution < -0.4 is 0 Å². The van der Waals surface area contributed by atoms with E-state index in [4.69, 9.17) is 6.42 Å². The molecule has 15 heavy (non-hydrogen) atoms. The Balaban J connectivity index is 0.000000921. The Bertz CT molecular complexity index is 356. The van der Waals surface area contributed by atoms with Crippen LogP contribution in [0.3, 0.4) is 0 Å². The number of hydrogen-bond donors (Lipinski definition) is 0. The summed E-state index contributed by atoms with van der Waals surface area (Å²) in [6.07, 6.45) is 8.86. The summed E-state index contributed by atoms with van der Waals surface area (Å²) in [7, 11) is 0. The van der Waals surface area contributed by atoms with Gasteiger partial charge in [-0.25, -0.2) is 4.98 Å². The summed E-state index contributed by atoms with van der Waals surface area (Å²) in [5.74, 6) is 3.01. The van der Waals surface area contributed by atoms with Crippen molar-refractivity contribution in [1.29, 1.82) is 0 Å². The second kappa shape index (κ2) is 6.84. The molecule has 0 fully saturated rings. The Morgan fingerprint density at radius 2 is 2.07 bits per heavy atom. The van der Waals surface area contributed by atoms with Crippen molar-refractivity contribution in [3.63, 3.8) is 0 Å². The summed E-state index contributed by atoms with van der Waals surface area (Å²) in [5, 5.41) is 0. The van der Waals surface area contributed by atoms with Gasteiger partial charge in [0.15, 0.2) is 0 Å². The van der Waals surface area contributed by atoms with Crippen LogP contribution in [0.4, 0.5) is 0 Å². The van der Waals surface area contributed by atoms with Gasteiger partial charge in [0.05, 0.1) is 0 Å².